The van der Waals surface area contributed by atoms with Gasteiger partial charge in [0.25, 0.3) is 5.56 Å². The summed E-state index contributed by atoms with van der Waals surface area (Å²) in [6.07, 6.45) is -6.96. The minimum Gasteiger partial charge on any atom is -0.389 e. The lowest BCUT2D eigenvalue weighted by Gasteiger charge is -2.27. The zero-order valence-electron chi connectivity index (χ0n) is 22.1. The predicted octanol–water partition coefficient (Wildman–Crippen LogP) is -3.19. The Bertz CT molecular complexity index is 1830. The van der Waals surface area contributed by atoms with Crippen molar-refractivity contribution in [3.8, 4) is 0 Å². The van der Waals surface area contributed by atoms with Gasteiger partial charge in [0.1, 0.15) is 48.6 Å². The number of aliphatic hydroxyl groups is 3. The van der Waals surface area contributed by atoms with Crippen LogP contribution in [0.15, 0.2) is 23.6 Å². The summed E-state index contributed by atoms with van der Waals surface area (Å²) in [5.41, 5.74) is 8.98. The van der Waals surface area contributed by atoms with Gasteiger partial charge in [-0.3, -0.25) is 23.5 Å². The van der Waals surface area contributed by atoms with E-state index in [1.807, 2.05) is 0 Å². The molecule has 0 saturated carbocycles. The number of H-pyrrole nitrogens is 1. The quantitative estimate of drug-likeness (QED) is 0.0820. The number of hydrogen-bond donors (Lipinski definition) is 8. The van der Waals surface area contributed by atoms with Gasteiger partial charge in [-0.1, -0.05) is 0 Å². The Morgan fingerprint density at radius 1 is 1.07 bits per heavy atom. The number of aliphatic hydroxyl groups excluding tert-OH is 3. The second-order valence-corrected chi connectivity index (χ2v) is 12.7. The SMILES string of the molecule is Nc1nc2c(ncn2[C@@H]2O[C@H](CO[PH](=O)O)[C@@H](O)[C@H]2P(=O)(O)OC[C@H]2O[C@@H](c3cnn4c(N)ncnc34)[C@H](O)[C@@H]2O)c(=O)[nH]1. The van der Waals surface area contributed by atoms with Gasteiger partial charge in [0.2, 0.25) is 11.9 Å². The fourth-order valence-corrected chi connectivity index (χ4v) is 7.15. The Kier molecular flexibility index (Phi) is 8.01. The van der Waals surface area contributed by atoms with Gasteiger partial charge in [0.05, 0.1) is 25.7 Å². The molecular formula is C20H26N10O12P2. The van der Waals surface area contributed by atoms with E-state index in [1.54, 1.807) is 0 Å². The largest absolute Gasteiger partial charge is 0.389 e. The first-order valence-electron chi connectivity index (χ1n) is 12.7. The summed E-state index contributed by atoms with van der Waals surface area (Å²) in [4.78, 5) is 50.6. The van der Waals surface area contributed by atoms with Crippen molar-refractivity contribution >= 4 is 44.6 Å². The first kappa shape index (κ1) is 30.6. The van der Waals surface area contributed by atoms with Crippen LogP contribution in [0.1, 0.15) is 17.9 Å². The van der Waals surface area contributed by atoms with Gasteiger partial charge in [-0.2, -0.15) is 14.6 Å². The molecule has 0 bridgehead atoms. The summed E-state index contributed by atoms with van der Waals surface area (Å²) in [5.74, 6) is -0.298. The van der Waals surface area contributed by atoms with E-state index in [2.05, 4.69) is 34.5 Å². The smallest absolute Gasteiger partial charge is 0.338 e. The van der Waals surface area contributed by atoms with E-state index >= 15 is 0 Å². The van der Waals surface area contributed by atoms with Gasteiger partial charge in [-0.05, 0) is 0 Å². The minimum atomic E-state index is -4.99. The average molecular weight is 660 g/mol. The van der Waals surface area contributed by atoms with Gasteiger partial charge < -0.3 is 55.1 Å². The van der Waals surface area contributed by atoms with Crippen molar-refractivity contribution in [2.75, 3.05) is 24.7 Å². The van der Waals surface area contributed by atoms with Crippen LogP contribution in [0, 0.1) is 0 Å². The van der Waals surface area contributed by atoms with Crippen LogP contribution in [0.2, 0.25) is 0 Å². The van der Waals surface area contributed by atoms with E-state index in [1.165, 1.54) is 17.0 Å². The molecule has 10 N–H and O–H groups in total. The molecule has 4 aromatic heterocycles. The number of aromatic amines is 1. The van der Waals surface area contributed by atoms with E-state index in [9.17, 15) is 34.1 Å². The molecule has 10 atom stereocenters. The van der Waals surface area contributed by atoms with E-state index in [0.29, 0.717) is 0 Å². The number of nitrogens with zero attached hydrogens (tertiary/aromatic N) is 7. The zero-order valence-corrected chi connectivity index (χ0v) is 24.0. The Balaban J connectivity index is 1.26. The topological polar surface area (TPSA) is 331 Å². The summed E-state index contributed by atoms with van der Waals surface area (Å²) < 4.78 is 48.7. The molecule has 2 saturated heterocycles. The van der Waals surface area contributed by atoms with Crippen molar-refractivity contribution in [3.63, 3.8) is 0 Å². The number of nitrogen functional groups attached to an aromatic ring is 2. The van der Waals surface area contributed by atoms with Crippen molar-refractivity contribution < 1.29 is 52.8 Å². The molecule has 0 spiro atoms. The first-order chi connectivity index (χ1) is 20.9. The number of rotatable bonds is 9. The molecule has 4 aromatic rings. The van der Waals surface area contributed by atoms with Crippen LogP contribution in [0.25, 0.3) is 16.8 Å². The van der Waals surface area contributed by atoms with Gasteiger partial charge in [-0.25, -0.2) is 15.0 Å². The third-order valence-corrected chi connectivity index (χ3v) is 9.51. The lowest BCUT2D eigenvalue weighted by Crippen LogP contribution is -2.36. The highest BCUT2D eigenvalue weighted by Gasteiger charge is 2.56. The van der Waals surface area contributed by atoms with E-state index in [4.69, 9.17) is 30.4 Å². The Hall–Kier alpha value is -3.40. The summed E-state index contributed by atoms with van der Waals surface area (Å²) in [6, 6.07) is 0. The Morgan fingerprint density at radius 3 is 2.57 bits per heavy atom. The number of ether oxygens (including phenoxy) is 2. The maximum absolute atomic E-state index is 13.7. The zero-order chi connectivity index (χ0) is 31.5. The van der Waals surface area contributed by atoms with Crippen LogP contribution in [-0.2, 0) is 27.7 Å². The highest BCUT2D eigenvalue weighted by molar-refractivity contribution is 7.53. The number of nitrogens with two attached hydrogens (primary N) is 2. The molecule has 24 heteroatoms. The summed E-state index contributed by atoms with van der Waals surface area (Å²) in [6.45, 7) is -1.41. The molecule has 0 aromatic carbocycles. The maximum atomic E-state index is 13.7. The average Bonchev–Trinajstić information content (AvgIpc) is 3.72. The molecule has 22 nitrogen and oxygen atoms in total. The predicted molar refractivity (Wildman–Crippen MR) is 144 cm³/mol. The van der Waals surface area contributed by atoms with Crippen LogP contribution in [0.5, 0.6) is 0 Å². The van der Waals surface area contributed by atoms with Crippen molar-refractivity contribution in [2.24, 2.45) is 0 Å². The molecule has 0 radical (unpaired) electrons. The highest BCUT2D eigenvalue weighted by Crippen LogP contribution is 2.57. The van der Waals surface area contributed by atoms with Crippen LogP contribution >= 0.6 is 15.9 Å². The number of fused-ring (bicyclic) bond motifs is 2. The lowest BCUT2D eigenvalue weighted by atomic mass is 10.0. The van der Waals surface area contributed by atoms with Gasteiger partial charge >= 0.3 is 15.9 Å². The van der Waals surface area contributed by atoms with Gasteiger partial charge in [0.15, 0.2) is 23.0 Å². The number of aromatic nitrogens is 8. The van der Waals surface area contributed by atoms with Gasteiger partial charge in [-0.15, -0.1) is 0 Å². The molecule has 2 unspecified atom stereocenters. The van der Waals surface area contributed by atoms with Gasteiger partial charge in [0, 0.05) is 5.56 Å². The van der Waals surface area contributed by atoms with E-state index in [0.717, 1.165) is 10.9 Å². The second-order valence-electron chi connectivity index (χ2n) is 9.90. The summed E-state index contributed by atoms with van der Waals surface area (Å²) in [5, 5.41) is 36.5. The monoisotopic (exact) mass is 660 g/mol. The van der Waals surface area contributed by atoms with Crippen LogP contribution in [0.3, 0.4) is 0 Å². The molecule has 0 amide bonds. The first-order valence-corrected chi connectivity index (χ1v) is 15.6. The fourth-order valence-electron chi connectivity index (χ4n) is 5.19. The standard InChI is InChI=1S/C20H26N10O12P2/c21-19-27-16-9(17(34)28-19)25-5-29(16)18-14(11(32)7(42-18)2-39-43(35)36)44(37,38)40-3-8-10(31)12(33)13(41-8)6-1-26-30-15(6)23-4-24-20(30)22/h1,4-5,7-8,10-14,18,31-33,43H,2-3H2,(H,35,36)(H,37,38)(H2,22,23,24)(H3,21,27,28,34)/t7-,8-,10-,11-,12-,13+,14-,18-/m1/s1. The molecule has 0 aliphatic carbocycles. The fraction of sp³-hybridized carbons (Fsp3) is 0.500. The molecule has 6 rings (SSSR count). The van der Waals surface area contributed by atoms with Crippen LogP contribution in [0.4, 0.5) is 11.9 Å². The highest BCUT2D eigenvalue weighted by atomic mass is 31.2. The van der Waals surface area contributed by atoms with Crippen LogP contribution in [-0.4, -0.2) is 114 Å². The molecular weight excluding hydrogens is 634 g/mol. The summed E-state index contributed by atoms with van der Waals surface area (Å²) in [7, 11) is -8.46. The molecule has 2 aliphatic heterocycles. The maximum Gasteiger partial charge on any atom is 0.338 e. The third kappa shape index (κ3) is 5.29. The molecule has 2 aliphatic rings. The van der Waals surface area contributed by atoms with Crippen LogP contribution < -0.4 is 17.0 Å². The second kappa shape index (κ2) is 11.5. The number of imidazole rings is 1. The lowest BCUT2D eigenvalue weighted by molar-refractivity contribution is -0.0388. The third-order valence-electron chi connectivity index (χ3n) is 7.26. The Morgan fingerprint density at radius 2 is 1.82 bits per heavy atom. The van der Waals surface area contributed by atoms with E-state index < -0.39 is 83.1 Å². The summed E-state index contributed by atoms with van der Waals surface area (Å²) >= 11 is 0. The van der Waals surface area contributed by atoms with Crippen molar-refractivity contribution in [1.82, 2.24) is 39.1 Å². The number of hydrogen-bond acceptors (Lipinski definition) is 17. The number of anilines is 2. The molecule has 238 valence electrons. The van der Waals surface area contributed by atoms with Crippen molar-refractivity contribution in [3.05, 3.63) is 34.8 Å². The Labute approximate surface area is 244 Å². The normalized spacial score (nSPS) is 31.1. The molecule has 6 heterocycles. The van der Waals surface area contributed by atoms with Crippen molar-refractivity contribution in [2.45, 2.75) is 48.5 Å². The van der Waals surface area contributed by atoms with E-state index in [-0.39, 0.29) is 34.3 Å². The minimum absolute atomic E-state index is 0.00521. The number of nitrogens with one attached hydrogen (secondary N) is 1. The van der Waals surface area contributed by atoms with Crippen molar-refractivity contribution in [1.29, 1.82) is 0 Å². The molecule has 2 fully saturated rings. The molecule has 44 heavy (non-hydrogen) atoms.